The van der Waals surface area contributed by atoms with Crippen molar-refractivity contribution in [2.24, 2.45) is 0 Å². The van der Waals surface area contributed by atoms with Gasteiger partial charge in [-0.2, -0.15) is 4.98 Å². The van der Waals surface area contributed by atoms with Crippen molar-refractivity contribution in [1.29, 1.82) is 0 Å². The molecule has 8 nitrogen and oxygen atoms in total. The number of benzene rings is 2. The highest BCUT2D eigenvalue weighted by Gasteiger charge is 2.09. The van der Waals surface area contributed by atoms with Gasteiger partial charge in [0.05, 0.1) is 5.52 Å². The molecule has 0 aliphatic rings. The monoisotopic (exact) mass is 418 g/mol. The Labute approximate surface area is 180 Å². The van der Waals surface area contributed by atoms with Crippen LogP contribution in [0.1, 0.15) is 37.4 Å². The third kappa shape index (κ3) is 4.92. The highest BCUT2D eigenvalue weighted by atomic mass is 16.4. The van der Waals surface area contributed by atoms with Crippen molar-refractivity contribution in [1.82, 2.24) is 20.3 Å². The van der Waals surface area contributed by atoms with Crippen molar-refractivity contribution < 1.29 is 4.42 Å². The van der Waals surface area contributed by atoms with Crippen LogP contribution < -0.4 is 21.7 Å². The Bertz CT molecular complexity index is 1250. The fourth-order valence-corrected chi connectivity index (χ4v) is 3.29. The van der Waals surface area contributed by atoms with Crippen molar-refractivity contribution in [3.8, 4) is 0 Å². The summed E-state index contributed by atoms with van der Waals surface area (Å²) in [4.78, 5) is 23.1. The third-order valence-electron chi connectivity index (χ3n) is 5.00. The molecular weight excluding hydrogens is 392 g/mol. The number of nitrogens with zero attached hydrogens (tertiary/aromatic N) is 2. The summed E-state index contributed by atoms with van der Waals surface area (Å²) in [5, 5.41) is 10.1. The highest BCUT2D eigenvalue weighted by Crippen LogP contribution is 2.24. The smallest absolute Gasteiger partial charge is 0.408 e. The van der Waals surface area contributed by atoms with Gasteiger partial charge >= 0.3 is 5.76 Å². The highest BCUT2D eigenvalue weighted by molar-refractivity contribution is 5.78. The SMILES string of the molecule is CCCNC(C)c1cccc(Nc2ncc(C)c(Nc3ccc4oc(=O)[nH]c4c3)n2)c1. The average Bonchev–Trinajstić information content (AvgIpc) is 3.14. The van der Waals surface area contributed by atoms with E-state index in [1.807, 2.05) is 31.2 Å². The minimum atomic E-state index is -0.474. The largest absolute Gasteiger partial charge is 0.417 e. The van der Waals surface area contributed by atoms with E-state index in [-0.39, 0.29) is 6.04 Å². The molecule has 4 rings (SSSR count). The van der Waals surface area contributed by atoms with Crippen molar-refractivity contribution in [3.05, 3.63) is 70.3 Å². The molecule has 0 bridgehead atoms. The van der Waals surface area contributed by atoms with Gasteiger partial charge in [0, 0.05) is 29.2 Å². The van der Waals surface area contributed by atoms with Gasteiger partial charge in [0.15, 0.2) is 5.58 Å². The van der Waals surface area contributed by atoms with Gasteiger partial charge in [0.1, 0.15) is 5.82 Å². The summed E-state index contributed by atoms with van der Waals surface area (Å²) in [6.07, 6.45) is 2.87. The number of hydrogen-bond donors (Lipinski definition) is 4. The summed E-state index contributed by atoms with van der Waals surface area (Å²) in [6.45, 7) is 7.23. The summed E-state index contributed by atoms with van der Waals surface area (Å²) >= 11 is 0. The summed E-state index contributed by atoms with van der Waals surface area (Å²) in [6, 6.07) is 13.9. The summed E-state index contributed by atoms with van der Waals surface area (Å²) in [5.74, 6) is 0.701. The molecule has 0 aliphatic heterocycles. The molecule has 0 radical (unpaired) electrons. The quantitative estimate of drug-likeness (QED) is 0.326. The van der Waals surface area contributed by atoms with Crippen LogP contribution in [0.3, 0.4) is 0 Å². The van der Waals surface area contributed by atoms with E-state index in [0.717, 1.165) is 29.9 Å². The molecule has 4 N–H and O–H groups in total. The molecule has 31 heavy (non-hydrogen) atoms. The summed E-state index contributed by atoms with van der Waals surface area (Å²) in [5.41, 5.74) is 4.95. The fourth-order valence-electron chi connectivity index (χ4n) is 3.29. The van der Waals surface area contributed by atoms with Crippen molar-refractivity contribution in [3.63, 3.8) is 0 Å². The first-order valence-electron chi connectivity index (χ1n) is 10.4. The molecule has 4 aromatic rings. The van der Waals surface area contributed by atoms with E-state index in [1.54, 1.807) is 12.3 Å². The fraction of sp³-hybridized carbons (Fsp3) is 0.261. The number of oxazole rings is 1. The number of aromatic nitrogens is 3. The topological polar surface area (TPSA) is 108 Å². The number of hydrogen-bond acceptors (Lipinski definition) is 7. The van der Waals surface area contributed by atoms with Crippen LogP contribution in [0, 0.1) is 6.92 Å². The number of aromatic amines is 1. The van der Waals surface area contributed by atoms with Gasteiger partial charge in [-0.15, -0.1) is 0 Å². The van der Waals surface area contributed by atoms with Crippen LogP contribution in [-0.4, -0.2) is 21.5 Å². The molecule has 1 unspecified atom stereocenters. The molecule has 0 saturated heterocycles. The van der Waals surface area contributed by atoms with Crippen LogP contribution >= 0.6 is 0 Å². The maximum Gasteiger partial charge on any atom is 0.417 e. The van der Waals surface area contributed by atoms with Crippen LogP contribution in [0.25, 0.3) is 11.1 Å². The van der Waals surface area contributed by atoms with Crippen LogP contribution in [0.4, 0.5) is 23.1 Å². The van der Waals surface area contributed by atoms with Crippen LogP contribution in [-0.2, 0) is 0 Å². The van der Waals surface area contributed by atoms with Gasteiger partial charge in [-0.1, -0.05) is 19.1 Å². The standard InChI is InChI=1S/C23H26N6O2/c1-4-10-24-15(3)16-6-5-7-17(11-16)27-22-25-13-14(2)21(29-22)26-18-8-9-20-19(12-18)28-23(30)31-20/h5-9,11-13,15,24H,4,10H2,1-3H3,(H,28,30)(H2,25,26,27,29). The Morgan fingerprint density at radius 3 is 2.81 bits per heavy atom. The molecule has 8 heteroatoms. The minimum absolute atomic E-state index is 0.266. The van der Waals surface area contributed by atoms with Crippen molar-refractivity contribution >= 4 is 34.2 Å². The number of anilines is 4. The second-order valence-electron chi connectivity index (χ2n) is 7.50. The molecule has 2 heterocycles. The Balaban J connectivity index is 1.53. The number of nitrogens with one attached hydrogen (secondary N) is 4. The molecule has 2 aromatic carbocycles. The van der Waals surface area contributed by atoms with Gasteiger partial charge in [-0.3, -0.25) is 4.98 Å². The molecule has 0 spiro atoms. The summed E-state index contributed by atoms with van der Waals surface area (Å²) < 4.78 is 5.05. The molecular formula is C23H26N6O2. The third-order valence-corrected chi connectivity index (χ3v) is 5.00. The molecule has 0 amide bonds. The zero-order valence-corrected chi connectivity index (χ0v) is 17.8. The van der Waals surface area contributed by atoms with Crippen LogP contribution in [0.2, 0.25) is 0 Å². The zero-order chi connectivity index (χ0) is 21.8. The lowest BCUT2D eigenvalue weighted by molar-refractivity contribution is 0.555. The van der Waals surface area contributed by atoms with Crippen molar-refractivity contribution in [2.45, 2.75) is 33.2 Å². The number of fused-ring (bicyclic) bond motifs is 1. The van der Waals surface area contributed by atoms with Gasteiger partial charge in [0.2, 0.25) is 5.95 Å². The maximum atomic E-state index is 11.4. The Hall–Kier alpha value is -3.65. The lowest BCUT2D eigenvalue weighted by Gasteiger charge is -2.15. The van der Waals surface area contributed by atoms with Gasteiger partial charge in [-0.05, 0) is 62.7 Å². The van der Waals surface area contributed by atoms with Gasteiger partial charge in [-0.25, -0.2) is 9.78 Å². The van der Waals surface area contributed by atoms with E-state index in [9.17, 15) is 4.79 Å². The van der Waals surface area contributed by atoms with E-state index in [0.29, 0.717) is 22.9 Å². The first kappa shape index (κ1) is 20.6. The van der Waals surface area contributed by atoms with Gasteiger partial charge in [0.25, 0.3) is 0 Å². The van der Waals surface area contributed by atoms with E-state index in [4.69, 9.17) is 4.42 Å². The average molecular weight is 419 g/mol. The number of rotatable bonds is 8. The Morgan fingerprint density at radius 1 is 1.13 bits per heavy atom. The lowest BCUT2D eigenvalue weighted by atomic mass is 10.1. The molecule has 1 atom stereocenters. The first-order chi connectivity index (χ1) is 15.0. The molecule has 0 fully saturated rings. The van der Waals surface area contributed by atoms with Crippen LogP contribution in [0.15, 0.2) is 57.9 Å². The van der Waals surface area contributed by atoms with Crippen LogP contribution in [0.5, 0.6) is 0 Å². The molecule has 0 saturated carbocycles. The normalized spacial score (nSPS) is 12.1. The predicted octanol–water partition coefficient (Wildman–Crippen LogP) is 4.77. The maximum absolute atomic E-state index is 11.4. The van der Waals surface area contributed by atoms with E-state index in [2.05, 4.69) is 56.9 Å². The Kier molecular flexibility index (Phi) is 5.99. The van der Waals surface area contributed by atoms with E-state index < -0.39 is 5.76 Å². The number of aryl methyl sites for hydroxylation is 1. The zero-order valence-electron chi connectivity index (χ0n) is 17.8. The second kappa shape index (κ2) is 9.01. The Morgan fingerprint density at radius 2 is 1.97 bits per heavy atom. The molecule has 2 aromatic heterocycles. The number of H-pyrrole nitrogens is 1. The molecule has 160 valence electrons. The predicted molar refractivity (Wildman–Crippen MR) is 123 cm³/mol. The minimum Gasteiger partial charge on any atom is -0.408 e. The van der Waals surface area contributed by atoms with E-state index >= 15 is 0 Å². The lowest BCUT2D eigenvalue weighted by Crippen LogP contribution is -2.19. The van der Waals surface area contributed by atoms with Crippen molar-refractivity contribution in [2.75, 3.05) is 17.2 Å². The first-order valence-corrected chi connectivity index (χ1v) is 10.4. The van der Waals surface area contributed by atoms with Gasteiger partial charge < -0.3 is 20.4 Å². The summed E-state index contributed by atoms with van der Waals surface area (Å²) in [7, 11) is 0. The second-order valence-corrected chi connectivity index (χ2v) is 7.50. The molecule has 0 aliphatic carbocycles. The van der Waals surface area contributed by atoms with E-state index in [1.165, 1.54) is 5.56 Å².